The van der Waals surface area contributed by atoms with E-state index in [-0.39, 0.29) is 23.9 Å². The molecule has 4 aromatic rings. The number of fused-ring (bicyclic) bond motifs is 1. The molecular weight excluding hydrogens is 500 g/mol. The summed E-state index contributed by atoms with van der Waals surface area (Å²) in [5.74, 6) is 0.783. The van der Waals surface area contributed by atoms with Crippen LogP contribution in [0.1, 0.15) is 60.5 Å². The van der Waals surface area contributed by atoms with Crippen molar-refractivity contribution in [2.24, 2.45) is 0 Å². The summed E-state index contributed by atoms with van der Waals surface area (Å²) in [6.07, 6.45) is 5.61. The van der Waals surface area contributed by atoms with E-state index in [1.54, 1.807) is 6.07 Å². The Morgan fingerprint density at radius 3 is 2.52 bits per heavy atom. The molecule has 8 nitrogen and oxygen atoms in total. The minimum absolute atomic E-state index is 0.0450. The molecule has 5 rings (SSSR count). The molecule has 1 aromatic carbocycles. The molecule has 1 fully saturated rings. The van der Waals surface area contributed by atoms with Crippen LogP contribution in [0, 0.1) is 6.92 Å². The molecule has 1 aliphatic heterocycles. The highest BCUT2D eigenvalue weighted by Gasteiger charge is 2.19. The van der Waals surface area contributed by atoms with Crippen LogP contribution in [0.3, 0.4) is 0 Å². The molecule has 3 aromatic heterocycles. The number of hydrogen-bond acceptors (Lipinski definition) is 5. The molecule has 1 aliphatic rings. The summed E-state index contributed by atoms with van der Waals surface area (Å²) in [5, 5.41) is 3.94. The van der Waals surface area contributed by atoms with Gasteiger partial charge in [-0.3, -0.25) is 9.59 Å². The summed E-state index contributed by atoms with van der Waals surface area (Å²) >= 11 is 0. The van der Waals surface area contributed by atoms with Crippen molar-refractivity contribution in [3.63, 3.8) is 0 Å². The Balaban J connectivity index is 1.47. The first-order chi connectivity index (χ1) is 19.2. The number of hydrogen-bond donors (Lipinski definition) is 2. The highest BCUT2D eigenvalue weighted by atomic mass is 16.1. The molecule has 8 heteroatoms. The lowest BCUT2D eigenvalue weighted by Gasteiger charge is -2.33. The van der Waals surface area contributed by atoms with Crippen molar-refractivity contribution in [3.8, 4) is 11.1 Å². The fourth-order valence-corrected chi connectivity index (χ4v) is 5.55. The zero-order chi connectivity index (χ0) is 28.4. The Morgan fingerprint density at radius 1 is 1.07 bits per heavy atom. The van der Waals surface area contributed by atoms with Crippen molar-refractivity contribution < 1.29 is 4.79 Å². The second-order valence-corrected chi connectivity index (χ2v) is 11.2. The van der Waals surface area contributed by atoms with Crippen molar-refractivity contribution >= 4 is 22.6 Å². The van der Waals surface area contributed by atoms with Gasteiger partial charge in [0.15, 0.2) is 5.43 Å². The fraction of sp³-hybridized carbons (Fsp3) is 0.406. The van der Waals surface area contributed by atoms with Crippen LogP contribution in [0.15, 0.2) is 53.6 Å². The average molecular weight is 541 g/mol. The lowest BCUT2D eigenvalue weighted by molar-refractivity contribution is 0.0952. The number of anilines is 1. The van der Waals surface area contributed by atoms with E-state index < -0.39 is 0 Å². The Labute approximate surface area is 236 Å². The van der Waals surface area contributed by atoms with Gasteiger partial charge in [-0.05, 0) is 70.1 Å². The maximum Gasteiger partial charge on any atom is 0.252 e. The predicted molar refractivity (Wildman–Crippen MR) is 162 cm³/mol. The van der Waals surface area contributed by atoms with Gasteiger partial charge < -0.3 is 24.7 Å². The largest absolute Gasteiger partial charge is 0.362 e. The molecular formula is C32H40N6O2. The number of amides is 1. The summed E-state index contributed by atoms with van der Waals surface area (Å²) in [5.41, 5.74) is 5.80. The number of pyridine rings is 2. The third-order valence-corrected chi connectivity index (χ3v) is 7.83. The minimum atomic E-state index is -0.196. The number of nitrogens with one attached hydrogen (secondary N) is 2. The zero-order valence-electron chi connectivity index (χ0n) is 24.3. The average Bonchev–Trinajstić information content (AvgIpc) is 3.37. The van der Waals surface area contributed by atoms with Crippen LogP contribution in [0.5, 0.6) is 0 Å². The number of H-pyrrole nitrogens is 1. The number of rotatable bonds is 8. The van der Waals surface area contributed by atoms with Crippen molar-refractivity contribution in [2.45, 2.75) is 53.1 Å². The van der Waals surface area contributed by atoms with E-state index in [4.69, 9.17) is 4.98 Å². The van der Waals surface area contributed by atoms with Gasteiger partial charge in [0.25, 0.3) is 5.91 Å². The monoisotopic (exact) mass is 540 g/mol. The van der Waals surface area contributed by atoms with Crippen molar-refractivity contribution in [3.05, 3.63) is 81.5 Å². The maximum absolute atomic E-state index is 13.7. The van der Waals surface area contributed by atoms with Crippen LogP contribution in [0.4, 0.5) is 5.82 Å². The van der Waals surface area contributed by atoms with Crippen LogP contribution in [-0.4, -0.2) is 58.6 Å². The Kier molecular flexibility index (Phi) is 8.07. The van der Waals surface area contributed by atoms with Gasteiger partial charge in [-0.1, -0.05) is 13.3 Å². The molecule has 1 saturated heterocycles. The van der Waals surface area contributed by atoms with Gasteiger partial charge in [-0.15, -0.1) is 0 Å². The maximum atomic E-state index is 13.7. The first-order valence-electron chi connectivity index (χ1n) is 14.3. The van der Waals surface area contributed by atoms with E-state index in [0.29, 0.717) is 11.1 Å². The third kappa shape index (κ3) is 5.68. The second kappa shape index (κ2) is 11.7. The number of benzene rings is 1. The number of carbonyl (C=O) groups is 1. The molecule has 0 bridgehead atoms. The predicted octanol–water partition coefficient (Wildman–Crippen LogP) is 4.92. The fourth-order valence-electron chi connectivity index (χ4n) is 5.55. The van der Waals surface area contributed by atoms with Gasteiger partial charge in [0.1, 0.15) is 5.82 Å². The highest BCUT2D eigenvalue weighted by Crippen LogP contribution is 2.31. The minimum Gasteiger partial charge on any atom is -0.362 e. The normalized spacial score (nSPS) is 14.3. The van der Waals surface area contributed by atoms with Crippen LogP contribution in [-0.2, 0) is 13.0 Å². The number of aromatic amines is 1. The van der Waals surface area contributed by atoms with Crippen LogP contribution in [0.25, 0.3) is 22.0 Å². The summed E-state index contributed by atoms with van der Waals surface area (Å²) < 4.78 is 2.19. The molecule has 210 valence electrons. The Bertz CT molecular complexity index is 1560. The van der Waals surface area contributed by atoms with E-state index in [9.17, 15) is 9.59 Å². The molecule has 40 heavy (non-hydrogen) atoms. The van der Waals surface area contributed by atoms with E-state index in [1.807, 2.05) is 31.5 Å². The van der Waals surface area contributed by atoms with Crippen LogP contribution >= 0.6 is 0 Å². The van der Waals surface area contributed by atoms with E-state index >= 15 is 0 Å². The molecule has 0 aliphatic carbocycles. The van der Waals surface area contributed by atoms with E-state index in [2.05, 4.69) is 70.7 Å². The molecule has 0 radical (unpaired) electrons. The first-order valence-corrected chi connectivity index (χ1v) is 14.3. The van der Waals surface area contributed by atoms with Gasteiger partial charge in [-0.2, -0.15) is 0 Å². The number of piperazine rings is 1. The van der Waals surface area contributed by atoms with E-state index in [0.717, 1.165) is 78.3 Å². The Morgan fingerprint density at radius 2 is 1.85 bits per heavy atom. The van der Waals surface area contributed by atoms with Gasteiger partial charge in [0.2, 0.25) is 0 Å². The molecule has 0 spiro atoms. The number of nitrogens with zero attached hydrogens (tertiary/aromatic N) is 4. The van der Waals surface area contributed by atoms with Gasteiger partial charge >= 0.3 is 0 Å². The van der Waals surface area contributed by atoms with Crippen LogP contribution < -0.4 is 15.6 Å². The summed E-state index contributed by atoms with van der Waals surface area (Å²) in [4.78, 5) is 39.2. The molecule has 4 heterocycles. The second-order valence-electron chi connectivity index (χ2n) is 11.2. The van der Waals surface area contributed by atoms with Crippen molar-refractivity contribution in [2.75, 3.05) is 38.1 Å². The molecule has 0 unspecified atom stereocenters. The molecule has 0 atom stereocenters. The van der Waals surface area contributed by atoms with E-state index in [1.165, 1.54) is 0 Å². The number of aromatic nitrogens is 3. The quantitative estimate of drug-likeness (QED) is 0.332. The van der Waals surface area contributed by atoms with Gasteiger partial charge in [0.05, 0.1) is 0 Å². The standard InChI is InChI=1S/C32H40N6O2/c1-6-7-28-27(30(39)16-22(4)35-28)20-34-32(40)26-17-24(18-29-25(26)10-11-38(29)21(2)3)23-8-9-31(33-19-23)37-14-12-36(5)13-15-37/h8-11,16-19,21H,6-7,12-15,20H2,1-5H3,(H,34,40)(H,35,39). The van der Waals surface area contributed by atoms with Crippen molar-refractivity contribution in [1.29, 1.82) is 0 Å². The zero-order valence-corrected chi connectivity index (χ0v) is 24.3. The number of aryl methyl sites for hydroxylation is 2. The highest BCUT2D eigenvalue weighted by molar-refractivity contribution is 6.08. The Hall–Kier alpha value is -3.91. The van der Waals surface area contributed by atoms with Crippen molar-refractivity contribution in [1.82, 2.24) is 24.8 Å². The first kappa shape index (κ1) is 27.6. The molecule has 2 N–H and O–H groups in total. The molecule has 0 saturated carbocycles. The number of carbonyl (C=O) groups excluding carboxylic acids is 1. The van der Waals surface area contributed by atoms with Crippen LogP contribution in [0.2, 0.25) is 0 Å². The summed E-state index contributed by atoms with van der Waals surface area (Å²) in [7, 11) is 2.15. The SMILES string of the molecule is CCCc1[nH]c(C)cc(=O)c1CNC(=O)c1cc(-c2ccc(N3CCN(C)CC3)nc2)cc2c1ccn2C(C)C. The lowest BCUT2D eigenvalue weighted by atomic mass is 10.00. The lowest BCUT2D eigenvalue weighted by Crippen LogP contribution is -2.44. The van der Waals surface area contributed by atoms with Gasteiger partial charge in [0, 0.05) is 96.2 Å². The molecule has 1 amide bonds. The topological polar surface area (TPSA) is 86.3 Å². The number of likely N-dealkylation sites (N-methyl/N-ethyl adjacent to an activating group) is 1. The smallest absolute Gasteiger partial charge is 0.252 e. The van der Waals surface area contributed by atoms with Gasteiger partial charge in [-0.25, -0.2) is 4.98 Å². The summed E-state index contributed by atoms with van der Waals surface area (Å²) in [6.45, 7) is 12.4. The summed E-state index contributed by atoms with van der Waals surface area (Å²) in [6, 6.07) is 12.1. The third-order valence-electron chi connectivity index (χ3n) is 7.83.